The predicted octanol–water partition coefficient (Wildman–Crippen LogP) is 5.49. The van der Waals surface area contributed by atoms with Crippen molar-refractivity contribution in [2.45, 2.75) is 76.4 Å². The molecule has 1 aromatic carbocycles. The van der Waals surface area contributed by atoms with Gasteiger partial charge in [0.25, 0.3) is 0 Å². The highest BCUT2D eigenvalue weighted by Crippen LogP contribution is 2.66. The van der Waals surface area contributed by atoms with E-state index in [1.54, 1.807) is 0 Å². The molecule has 4 aliphatic carbocycles. The molecule has 4 bridgehead atoms. The minimum Gasteiger partial charge on any atom is -0.390 e. The van der Waals surface area contributed by atoms with E-state index in [1.807, 2.05) is 32.0 Å². The van der Waals surface area contributed by atoms with Gasteiger partial charge < -0.3 is 10.0 Å². The molecular formula is C24H31Cl2NO2. The smallest absolute Gasteiger partial charge is 0.226 e. The lowest BCUT2D eigenvalue weighted by Crippen LogP contribution is -2.67. The van der Waals surface area contributed by atoms with Gasteiger partial charge in [-0.1, -0.05) is 29.3 Å². The van der Waals surface area contributed by atoms with Crippen LogP contribution >= 0.6 is 23.2 Å². The molecular weight excluding hydrogens is 405 g/mol. The summed E-state index contributed by atoms with van der Waals surface area (Å²) in [6.07, 6.45) is 8.20. The van der Waals surface area contributed by atoms with Crippen LogP contribution in [-0.2, 0) is 11.2 Å². The molecule has 1 N–H and O–H groups in total. The van der Waals surface area contributed by atoms with Crippen LogP contribution in [0.1, 0.15) is 64.4 Å². The van der Waals surface area contributed by atoms with Crippen molar-refractivity contribution in [3.63, 3.8) is 0 Å². The van der Waals surface area contributed by atoms with E-state index in [9.17, 15) is 9.90 Å². The Bertz CT molecular complexity index is 812. The third kappa shape index (κ3) is 3.06. The monoisotopic (exact) mass is 435 g/mol. The lowest BCUT2D eigenvalue weighted by Gasteiger charge is -2.67. The van der Waals surface area contributed by atoms with Gasteiger partial charge in [0, 0.05) is 33.5 Å². The van der Waals surface area contributed by atoms with Gasteiger partial charge in [-0.25, -0.2) is 0 Å². The quantitative estimate of drug-likeness (QED) is 0.678. The maximum absolute atomic E-state index is 13.6. The molecule has 0 radical (unpaired) electrons. The first-order valence-corrected chi connectivity index (χ1v) is 11.8. The normalized spacial score (nSPS) is 38.9. The first-order valence-electron chi connectivity index (χ1n) is 11.1. The van der Waals surface area contributed by atoms with Crippen LogP contribution in [-0.4, -0.2) is 33.6 Å². The molecule has 5 aliphatic rings. The van der Waals surface area contributed by atoms with Crippen molar-refractivity contribution in [2.75, 3.05) is 6.54 Å². The van der Waals surface area contributed by atoms with E-state index in [2.05, 4.69) is 4.90 Å². The number of nitrogens with zero attached hydrogens (tertiary/aromatic N) is 1. The number of hydrogen-bond acceptors (Lipinski definition) is 2. The molecule has 3 nitrogen and oxygen atoms in total. The maximum Gasteiger partial charge on any atom is 0.226 e. The number of hydrogen-bond donors (Lipinski definition) is 1. The summed E-state index contributed by atoms with van der Waals surface area (Å²) in [6.45, 7) is 4.80. The second-order valence-electron chi connectivity index (χ2n) is 10.9. The first-order chi connectivity index (χ1) is 13.6. The van der Waals surface area contributed by atoms with Crippen LogP contribution in [0.3, 0.4) is 0 Å². The lowest BCUT2D eigenvalue weighted by atomic mass is 9.43. The predicted molar refractivity (Wildman–Crippen MR) is 116 cm³/mol. The molecule has 1 saturated heterocycles. The van der Waals surface area contributed by atoms with Crippen molar-refractivity contribution in [3.05, 3.63) is 33.8 Å². The number of aliphatic hydroxyl groups is 1. The van der Waals surface area contributed by atoms with Crippen LogP contribution in [0.5, 0.6) is 0 Å². The van der Waals surface area contributed by atoms with Gasteiger partial charge in [-0.15, -0.1) is 0 Å². The summed E-state index contributed by atoms with van der Waals surface area (Å²) in [5.41, 5.74) is 0.111. The molecule has 1 amide bonds. The van der Waals surface area contributed by atoms with Gasteiger partial charge in [0.05, 0.1) is 5.60 Å². The molecule has 1 heterocycles. The molecule has 0 aromatic heterocycles. The Morgan fingerprint density at radius 2 is 1.76 bits per heavy atom. The van der Waals surface area contributed by atoms with Crippen LogP contribution in [0.15, 0.2) is 18.2 Å². The standard InChI is InChI=1S/C24H31Cl2NO2/c1-22(2,29)23-10-15-8-16(11-23)13-24(12-15,14-23)27-7-6-17(21(27)28)9-18-19(25)4-3-5-20(18)26/h3-5,15-17,29H,6-14H2,1-2H3. The molecule has 29 heavy (non-hydrogen) atoms. The van der Waals surface area contributed by atoms with Gasteiger partial charge in [-0.2, -0.15) is 0 Å². The molecule has 158 valence electrons. The maximum atomic E-state index is 13.6. The highest BCUT2D eigenvalue weighted by molar-refractivity contribution is 6.36. The molecule has 6 rings (SSSR count). The number of halogens is 2. The van der Waals surface area contributed by atoms with Gasteiger partial charge in [0.15, 0.2) is 0 Å². The minimum absolute atomic E-state index is 0.0402. The molecule has 1 aromatic rings. The fourth-order valence-electron chi connectivity index (χ4n) is 7.62. The van der Waals surface area contributed by atoms with Gasteiger partial charge in [0.1, 0.15) is 0 Å². The summed E-state index contributed by atoms with van der Waals surface area (Å²) in [6, 6.07) is 5.56. The third-order valence-corrected chi connectivity index (χ3v) is 9.44. The van der Waals surface area contributed by atoms with E-state index in [0.717, 1.165) is 50.6 Å². The largest absolute Gasteiger partial charge is 0.390 e. The van der Waals surface area contributed by atoms with Gasteiger partial charge >= 0.3 is 0 Å². The SMILES string of the molecule is CC(C)(O)C12CC3CC(CC(N4CCC(Cc5c(Cl)cccc5Cl)C4=O)(C3)C1)C2. The van der Waals surface area contributed by atoms with E-state index >= 15 is 0 Å². The number of benzene rings is 1. The Morgan fingerprint density at radius 1 is 1.14 bits per heavy atom. The van der Waals surface area contributed by atoms with Crippen molar-refractivity contribution in [1.29, 1.82) is 0 Å². The summed E-state index contributed by atoms with van der Waals surface area (Å²) in [5.74, 6) is 1.52. The van der Waals surface area contributed by atoms with Crippen LogP contribution in [0.4, 0.5) is 0 Å². The van der Waals surface area contributed by atoms with Gasteiger partial charge in [-0.05, 0) is 94.7 Å². The summed E-state index contributed by atoms with van der Waals surface area (Å²) >= 11 is 12.8. The van der Waals surface area contributed by atoms with Crippen molar-refractivity contribution >= 4 is 29.1 Å². The summed E-state index contributed by atoms with van der Waals surface area (Å²) in [5, 5.41) is 12.4. The summed E-state index contributed by atoms with van der Waals surface area (Å²) in [4.78, 5) is 15.8. The Hall–Kier alpha value is -0.770. The van der Waals surface area contributed by atoms with Gasteiger partial charge in [0.2, 0.25) is 5.91 Å². The van der Waals surface area contributed by atoms with Crippen LogP contribution in [0.2, 0.25) is 10.0 Å². The molecule has 4 saturated carbocycles. The molecule has 5 heteroatoms. The van der Waals surface area contributed by atoms with E-state index in [0.29, 0.717) is 28.3 Å². The fraction of sp³-hybridized carbons (Fsp3) is 0.708. The van der Waals surface area contributed by atoms with Crippen LogP contribution in [0, 0.1) is 23.2 Å². The van der Waals surface area contributed by atoms with E-state index in [-0.39, 0.29) is 22.8 Å². The second-order valence-corrected chi connectivity index (χ2v) is 11.7. The number of amides is 1. The third-order valence-electron chi connectivity index (χ3n) is 8.73. The second kappa shape index (κ2) is 6.61. The van der Waals surface area contributed by atoms with Crippen LogP contribution in [0.25, 0.3) is 0 Å². The van der Waals surface area contributed by atoms with Crippen LogP contribution < -0.4 is 0 Å². The highest BCUT2D eigenvalue weighted by Gasteiger charge is 2.64. The highest BCUT2D eigenvalue weighted by atomic mass is 35.5. The number of carbonyl (C=O) groups is 1. The number of likely N-dealkylation sites (tertiary alicyclic amines) is 1. The lowest BCUT2D eigenvalue weighted by molar-refractivity contribution is -0.200. The summed E-state index contributed by atoms with van der Waals surface area (Å²) < 4.78 is 0. The Kier molecular flexibility index (Phi) is 4.59. The van der Waals surface area contributed by atoms with E-state index in [1.165, 1.54) is 6.42 Å². The molecule has 3 unspecified atom stereocenters. The molecule has 5 fully saturated rings. The average molecular weight is 436 g/mol. The van der Waals surface area contributed by atoms with Crippen molar-refractivity contribution in [3.8, 4) is 0 Å². The Labute approximate surface area is 183 Å². The molecule has 0 spiro atoms. The summed E-state index contributed by atoms with van der Waals surface area (Å²) in [7, 11) is 0. The van der Waals surface area contributed by atoms with Crippen molar-refractivity contribution in [1.82, 2.24) is 4.90 Å². The van der Waals surface area contributed by atoms with Gasteiger partial charge in [-0.3, -0.25) is 4.79 Å². The first kappa shape index (κ1) is 20.2. The zero-order valence-corrected chi connectivity index (χ0v) is 18.9. The zero-order chi connectivity index (χ0) is 20.6. The molecule has 1 aliphatic heterocycles. The van der Waals surface area contributed by atoms with Crippen molar-refractivity contribution < 1.29 is 9.90 Å². The minimum atomic E-state index is -0.691. The average Bonchev–Trinajstić information content (AvgIpc) is 2.97. The van der Waals surface area contributed by atoms with E-state index < -0.39 is 5.60 Å². The van der Waals surface area contributed by atoms with E-state index in [4.69, 9.17) is 23.2 Å². The number of rotatable bonds is 4. The Balaban J connectivity index is 1.41. The molecule has 3 atom stereocenters. The fourth-order valence-corrected chi connectivity index (χ4v) is 8.17. The topological polar surface area (TPSA) is 40.5 Å². The Morgan fingerprint density at radius 3 is 2.34 bits per heavy atom. The zero-order valence-electron chi connectivity index (χ0n) is 17.4. The number of carbonyl (C=O) groups excluding carboxylic acids is 1. The van der Waals surface area contributed by atoms with Crippen molar-refractivity contribution in [2.24, 2.45) is 23.2 Å².